The summed E-state index contributed by atoms with van der Waals surface area (Å²) < 4.78 is 16.5. The first-order valence-electron chi connectivity index (χ1n) is 9.46. The van der Waals surface area contributed by atoms with E-state index in [2.05, 4.69) is 0 Å². The van der Waals surface area contributed by atoms with Crippen LogP contribution in [-0.4, -0.2) is 24.7 Å². The minimum Gasteiger partial charge on any atom is -0.497 e. The number of ether oxygens (including phenoxy) is 3. The van der Waals surface area contributed by atoms with Crippen LogP contribution in [-0.2, 0) is 29.1 Å². The van der Waals surface area contributed by atoms with Crippen molar-refractivity contribution in [2.75, 3.05) is 13.7 Å². The number of carbonyl (C=O) groups excluding carboxylic acids is 1. The summed E-state index contributed by atoms with van der Waals surface area (Å²) in [6.45, 7) is 4.81. The number of benzene rings is 2. The Kier molecular flexibility index (Phi) is 6.61. The molecule has 0 aliphatic heterocycles. The lowest BCUT2D eigenvalue weighted by Crippen LogP contribution is -2.15. The number of methoxy groups -OCH3 is 1. The molecular formula is C23H25NO4. The van der Waals surface area contributed by atoms with Gasteiger partial charge in [0.1, 0.15) is 5.75 Å². The van der Waals surface area contributed by atoms with Crippen LogP contribution in [0.2, 0.25) is 0 Å². The molecule has 3 aromatic rings. The largest absolute Gasteiger partial charge is 0.497 e. The molecule has 0 fully saturated rings. The van der Waals surface area contributed by atoms with Gasteiger partial charge in [-0.2, -0.15) is 0 Å². The highest BCUT2D eigenvalue weighted by Crippen LogP contribution is 2.29. The Hall–Kier alpha value is -2.92. The van der Waals surface area contributed by atoms with Crippen LogP contribution in [0.15, 0.2) is 48.5 Å². The van der Waals surface area contributed by atoms with Crippen molar-refractivity contribution in [1.29, 1.82) is 0 Å². The highest BCUT2D eigenvalue weighted by molar-refractivity contribution is 5.98. The van der Waals surface area contributed by atoms with E-state index in [0.717, 1.165) is 27.8 Å². The predicted octanol–water partition coefficient (Wildman–Crippen LogP) is 4.70. The third-order valence-corrected chi connectivity index (χ3v) is 4.56. The molecule has 0 aliphatic rings. The molecule has 0 saturated heterocycles. The molecule has 1 aromatic heterocycles. The number of esters is 1. The Morgan fingerprint density at radius 2 is 1.82 bits per heavy atom. The summed E-state index contributed by atoms with van der Waals surface area (Å²) >= 11 is 0. The van der Waals surface area contributed by atoms with E-state index in [1.54, 1.807) is 14.0 Å². The van der Waals surface area contributed by atoms with Crippen molar-refractivity contribution in [3.63, 3.8) is 0 Å². The lowest BCUT2D eigenvalue weighted by Gasteiger charge is -2.16. The number of carbonyl (C=O) groups is 1. The average molecular weight is 379 g/mol. The van der Waals surface area contributed by atoms with E-state index in [4.69, 9.17) is 19.2 Å². The minimum atomic E-state index is -0.366. The Balaban J connectivity index is 2.00. The van der Waals surface area contributed by atoms with Crippen LogP contribution in [0.5, 0.6) is 5.75 Å². The number of hydrogen-bond acceptors (Lipinski definition) is 5. The number of fused-ring (bicyclic) bond motifs is 1. The minimum absolute atomic E-state index is 0.234. The van der Waals surface area contributed by atoms with Crippen molar-refractivity contribution in [3.05, 3.63) is 70.9 Å². The zero-order chi connectivity index (χ0) is 19.9. The Morgan fingerprint density at radius 1 is 1.04 bits per heavy atom. The van der Waals surface area contributed by atoms with Gasteiger partial charge in [0.05, 0.1) is 43.7 Å². The van der Waals surface area contributed by atoms with Crippen LogP contribution in [0.3, 0.4) is 0 Å². The predicted molar refractivity (Wildman–Crippen MR) is 109 cm³/mol. The van der Waals surface area contributed by atoms with Crippen LogP contribution < -0.4 is 4.74 Å². The Morgan fingerprint density at radius 3 is 2.50 bits per heavy atom. The Labute approximate surface area is 165 Å². The van der Waals surface area contributed by atoms with Gasteiger partial charge in [-0.3, -0.25) is 0 Å². The molecule has 0 unspecified atom stereocenters. The summed E-state index contributed by atoms with van der Waals surface area (Å²) in [4.78, 5) is 17.4. The second-order valence-electron chi connectivity index (χ2n) is 6.35. The maximum Gasteiger partial charge on any atom is 0.340 e. The molecule has 1 heterocycles. The monoisotopic (exact) mass is 379 g/mol. The molecule has 0 atom stereocenters. The van der Waals surface area contributed by atoms with Gasteiger partial charge < -0.3 is 14.2 Å². The first-order chi connectivity index (χ1) is 13.7. The normalized spacial score (nSPS) is 10.8. The lowest BCUT2D eigenvalue weighted by atomic mass is 9.98. The lowest BCUT2D eigenvalue weighted by molar-refractivity contribution is 0.0514. The fraction of sp³-hybridized carbons (Fsp3) is 0.304. The molecule has 0 amide bonds. The molecule has 3 rings (SSSR count). The zero-order valence-electron chi connectivity index (χ0n) is 16.5. The number of aromatic nitrogens is 1. The van der Waals surface area contributed by atoms with Gasteiger partial charge in [-0.25, -0.2) is 9.78 Å². The average Bonchev–Trinajstić information content (AvgIpc) is 2.73. The number of aryl methyl sites for hydroxylation is 1. The molecule has 2 aromatic carbocycles. The third kappa shape index (κ3) is 4.31. The molecular weight excluding hydrogens is 354 g/mol. The molecule has 0 bridgehead atoms. The van der Waals surface area contributed by atoms with Gasteiger partial charge in [-0.15, -0.1) is 0 Å². The third-order valence-electron chi connectivity index (χ3n) is 4.56. The molecule has 0 aliphatic carbocycles. The molecule has 0 spiro atoms. The molecule has 0 saturated carbocycles. The van der Waals surface area contributed by atoms with Crippen molar-refractivity contribution in [1.82, 2.24) is 4.98 Å². The molecule has 146 valence electrons. The molecule has 0 radical (unpaired) electrons. The van der Waals surface area contributed by atoms with E-state index in [-0.39, 0.29) is 12.6 Å². The van der Waals surface area contributed by atoms with Gasteiger partial charge in [0.2, 0.25) is 0 Å². The van der Waals surface area contributed by atoms with E-state index < -0.39 is 0 Å². The summed E-state index contributed by atoms with van der Waals surface area (Å²) in [7, 11) is 1.62. The molecule has 28 heavy (non-hydrogen) atoms. The van der Waals surface area contributed by atoms with Crippen molar-refractivity contribution < 1.29 is 19.0 Å². The second kappa shape index (κ2) is 9.33. The summed E-state index contributed by atoms with van der Waals surface area (Å²) in [6, 6.07) is 15.6. The van der Waals surface area contributed by atoms with E-state index in [1.165, 1.54) is 0 Å². The van der Waals surface area contributed by atoms with E-state index in [0.29, 0.717) is 30.9 Å². The highest BCUT2D eigenvalue weighted by Gasteiger charge is 2.22. The van der Waals surface area contributed by atoms with Crippen LogP contribution in [0.4, 0.5) is 0 Å². The Bertz CT molecular complexity index is 954. The van der Waals surface area contributed by atoms with Crippen LogP contribution in [0, 0.1) is 0 Å². The smallest absolute Gasteiger partial charge is 0.340 e. The van der Waals surface area contributed by atoms with Crippen molar-refractivity contribution in [2.45, 2.75) is 33.5 Å². The van der Waals surface area contributed by atoms with E-state index in [9.17, 15) is 4.79 Å². The quantitative estimate of drug-likeness (QED) is 0.531. The summed E-state index contributed by atoms with van der Waals surface area (Å²) in [5, 5.41) is 0.900. The van der Waals surface area contributed by atoms with Gasteiger partial charge in [-0.1, -0.05) is 37.3 Å². The fourth-order valence-electron chi connectivity index (χ4n) is 3.25. The summed E-state index contributed by atoms with van der Waals surface area (Å²) in [6.07, 6.45) is 0.673. The van der Waals surface area contributed by atoms with Crippen LogP contribution in [0.1, 0.15) is 41.0 Å². The SMILES string of the molecule is CCOC(=O)c1c(COCc2ccccc2)nc2ccc(OC)cc2c1CC. The van der Waals surface area contributed by atoms with Gasteiger partial charge in [-0.05, 0) is 42.7 Å². The van der Waals surface area contributed by atoms with Crippen molar-refractivity contribution in [3.8, 4) is 5.75 Å². The van der Waals surface area contributed by atoms with E-state index in [1.807, 2.05) is 55.5 Å². The second-order valence-corrected chi connectivity index (χ2v) is 6.35. The summed E-state index contributed by atoms with van der Waals surface area (Å²) in [5.41, 5.74) is 3.88. The number of pyridine rings is 1. The standard InChI is InChI=1S/C23H25NO4/c1-4-18-19-13-17(26-3)11-12-20(19)24-21(22(18)23(25)28-5-2)15-27-14-16-9-7-6-8-10-16/h6-13H,4-5,14-15H2,1-3H3. The first-order valence-corrected chi connectivity index (χ1v) is 9.46. The van der Waals surface area contributed by atoms with Crippen LogP contribution in [0.25, 0.3) is 10.9 Å². The first kappa shape index (κ1) is 19.8. The maximum absolute atomic E-state index is 12.7. The molecule has 5 heteroatoms. The van der Waals surface area contributed by atoms with Gasteiger partial charge in [0, 0.05) is 5.39 Å². The van der Waals surface area contributed by atoms with Crippen molar-refractivity contribution in [2.24, 2.45) is 0 Å². The number of hydrogen-bond donors (Lipinski definition) is 0. The topological polar surface area (TPSA) is 57.7 Å². The van der Waals surface area contributed by atoms with E-state index >= 15 is 0 Å². The van der Waals surface area contributed by atoms with Gasteiger partial charge >= 0.3 is 5.97 Å². The number of rotatable bonds is 8. The summed E-state index contributed by atoms with van der Waals surface area (Å²) in [5.74, 6) is 0.363. The fourth-order valence-corrected chi connectivity index (χ4v) is 3.25. The molecule has 5 nitrogen and oxygen atoms in total. The van der Waals surface area contributed by atoms with Crippen LogP contribution >= 0.6 is 0 Å². The van der Waals surface area contributed by atoms with Crippen molar-refractivity contribution >= 4 is 16.9 Å². The number of nitrogens with zero attached hydrogens (tertiary/aromatic N) is 1. The zero-order valence-corrected chi connectivity index (χ0v) is 16.5. The van der Waals surface area contributed by atoms with Gasteiger partial charge in [0.25, 0.3) is 0 Å². The highest BCUT2D eigenvalue weighted by atomic mass is 16.5. The van der Waals surface area contributed by atoms with Gasteiger partial charge in [0.15, 0.2) is 0 Å². The molecule has 0 N–H and O–H groups in total. The maximum atomic E-state index is 12.7.